The fraction of sp³-hybridized carbons (Fsp3) is 0.923. The molecule has 2 saturated carbocycles. The average molecular weight is 222 g/mol. The van der Waals surface area contributed by atoms with Gasteiger partial charge in [-0.2, -0.15) is 0 Å². The van der Waals surface area contributed by atoms with E-state index in [1.807, 2.05) is 0 Å². The highest BCUT2D eigenvalue weighted by Crippen LogP contribution is 2.42. The van der Waals surface area contributed by atoms with Crippen LogP contribution in [0.25, 0.3) is 0 Å². The summed E-state index contributed by atoms with van der Waals surface area (Å²) in [4.78, 5) is 14.3. The van der Waals surface area contributed by atoms with Crippen molar-refractivity contribution in [3.05, 3.63) is 0 Å². The van der Waals surface area contributed by atoms with E-state index in [2.05, 4.69) is 17.1 Å². The molecule has 16 heavy (non-hydrogen) atoms. The van der Waals surface area contributed by atoms with Gasteiger partial charge in [0, 0.05) is 6.54 Å². The summed E-state index contributed by atoms with van der Waals surface area (Å²) < 4.78 is 0. The molecule has 3 heteroatoms. The van der Waals surface area contributed by atoms with E-state index in [-0.39, 0.29) is 11.7 Å². The maximum atomic E-state index is 12.2. The maximum Gasteiger partial charge on any atom is 0.244 e. The van der Waals surface area contributed by atoms with E-state index in [0.717, 1.165) is 25.3 Å². The standard InChI is InChI=1S/C13H22N2O/c1-10-14-13(7-8-13)12(16)15(10)9-11-5-3-2-4-6-11/h10-11,14H,2-9H2,1H3. The lowest BCUT2D eigenvalue weighted by molar-refractivity contribution is -0.131. The fourth-order valence-electron chi connectivity index (χ4n) is 3.36. The topological polar surface area (TPSA) is 32.3 Å². The first kappa shape index (κ1) is 10.6. The van der Waals surface area contributed by atoms with Crippen LogP contribution in [0.5, 0.6) is 0 Å². The zero-order chi connectivity index (χ0) is 11.2. The summed E-state index contributed by atoms with van der Waals surface area (Å²) in [5.41, 5.74) is -0.117. The molecule has 3 rings (SSSR count). The molecule has 1 saturated heterocycles. The van der Waals surface area contributed by atoms with Crippen molar-refractivity contribution in [2.24, 2.45) is 5.92 Å². The fourth-order valence-corrected chi connectivity index (χ4v) is 3.36. The molecular formula is C13H22N2O. The van der Waals surface area contributed by atoms with Crippen molar-refractivity contribution < 1.29 is 4.79 Å². The molecule has 0 aromatic rings. The molecule has 1 amide bonds. The van der Waals surface area contributed by atoms with Gasteiger partial charge in [0.1, 0.15) is 0 Å². The Bertz CT molecular complexity index is 292. The minimum atomic E-state index is -0.117. The molecule has 1 spiro atoms. The molecule has 3 aliphatic rings. The normalized spacial score (nSPS) is 33.7. The second-order valence-corrected chi connectivity index (χ2v) is 5.86. The molecule has 0 aromatic heterocycles. The number of amides is 1. The van der Waals surface area contributed by atoms with Crippen molar-refractivity contribution in [3.8, 4) is 0 Å². The van der Waals surface area contributed by atoms with Crippen LogP contribution >= 0.6 is 0 Å². The third kappa shape index (κ3) is 1.65. The Labute approximate surface area is 97.6 Å². The molecule has 0 bridgehead atoms. The van der Waals surface area contributed by atoms with Gasteiger partial charge >= 0.3 is 0 Å². The van der Waals surface area contributed by atoms with Gasteiger partial charge in [0.05, 0.1) is 11.7 Å². The number of nitrogens with one attached hydrogen (secondary N) is 1. The van der Waals surface area contributed by atoms with E-state index in [0.29, 0.717) is 5.91 Å². The van der Waals surface area contributed by atoms with E-state index in [1.165, 1.54) is 32.1 Å². The number of carbonyl (C=O) groups excluding carboxylic acids is 1. The zero-order valence-corrected chi connectivity index (χ0v) is 10.2. The number of nitrogens with zero attached hydrogens (tertiary/aromatic N) is 1. The van der Waals surface area contributed by atoms with E-state index in [4.69, 9.17) is 0 Å². The van der Waals surface area contributed by atoms with Gasteiger partial charge in [-0.05, 0) is 38.5 Å². The first-order valence-corrected chi connectivity index (χ1v) is 6.80. The van der Waals surface area contributed by atoms with Crippen LogP contribution < -0.4 is 5.32 Å². The third-order valence-corrected chi connectivity index (χ3v) is 4.55. The second-order valence-electron chi connectivity index (χ2n) is 5.86. The van der Waals surface area contributed by atoms with E-state index in [9.17, 15) is 4.79 Å². The molecule has 0 aromatic carbocycles. The number of hydrogen-bond donors (Lipinski definition) is 1. The number of hydrogen-bond acceptors (Lipinski definition) is 2. The monoisotopic (exact) mass is 222 g/mol. The van der Waals surface area contributed by atoms with Crippen LogP contribution in [0.1, 0.15) is 51.9 Å². The molecule has 1 heterocycles. The van der Waals surface area contributed by atoms with Crippen LogP contribution in [-0.4, -0.2) is 29.1 Å². The Kier molecular flexibility index (Phi) is 2.46. The number of carbonyl (C=O) groups is 1. The SMILES string of the molecule is CC1NC2(CC2)C(=O)N1CC1CCCCC1. The van der Waals surface area contributed by atoms with E-state index >= 15 is 0 Å². The summed E-state index contributed by atoms with van der Waals surface area (Å²) in [6, 6.07) is 0. The van der Waals surface area contributed by atoms with Gasteiger partial charge in [-0.25, -0.2) is 0 Å². The second kappa shape index (κ2) is 3.73. The van der Waals surface area contributed by atoms with Crippen molar-refractivity contribution in [1.29, 1.82) is 0 Å². The molecule has 1 N–H and O–H groups in total. The van der Waals surface area contributed by atoms with E-state index in [1.54, 1.807) is 0 Å². The molecular weight excluding hydrogens is 200 g/mol. The molecule has 90 valence electrons. The van der Waals surface area contributed by atoms with Crippen LogP contribution in [0.2, 0.25) is 0 Å². The van der Waals surface area contributed by atoms with Gasteiger partial charge in [-0.3, -0.25) is 10.1 Å². The van der Waals surface area contributed by atoms with Crippen LogP contribution in [0.3, 0.4) is 0 Å². The lowest BCUT2D eigenvalue weighted by Gasteiger charge is -2.29. The lowest BCUT2D eigenvalue weighted by atomic mass is 9.89. The quantitative estimate of drug-likeness (QED) is 0.773. The molecule has 3 fully saturated rings. The molecule has 1 aliphatic heterocycles. The summed E-state index contributed by atoms with van der Waals surface area (Å²) in [5.74, 6) is 1.14. The number of rotatable bonds is 2. The Morgan fingerprint density at radius 2 is 2.00 bits per heavy atom. The van der Waals surface area contributed by atoms with Gasteiger partial charge in [-0.1, -0.05) is 19.3 Å². The highest BCUT2D eigenvalue weighted by Gasteiger charge is 2.58. The van der Waals surface area contributed by atoms with Crippen LogP contribution in [0.15, 0.2) is 0 Å². The Morgan fingerprint density at radius 1 is 1.31 bits per heavy atom. The zero-order valence-electron chi connectivity index (χ0n) is 10.2. The minimum absolute atomic E-state index is 0.117. The van der Waals surface area contributed by atoms with Crippen LogP contribution in [0.4, 0.5) is 0 Å². The first-order chi connectivity index (χ1) is 7.71. The van der Waals surface area contributed by atoms with Gasteiger partial charge in [0.25, 0.3) is 0 Å². The first-order valence-electron chi connectivity index (χ1n) is 6.80. The van der Waals surface area contributed by atoms with E-state index < -0.39 is 0 Å². The van der Waals surface area contributed by atoms with Gasteiger partial charge in [0.2, 0.25) is 5.91 Å². The van der Waals surface area contributed by atoms with Gasteiger partial charge in [0.15, 0.2) is 0 Å². The molecule has 1 atom stereocenters. The van der Waals surface area contributed by atoms with Crippen molar-refractivity contribution in [2.45, 2.75) is 63.6 Å². The molecule has 2 aliphatic carbocycles. The molecule has 0 radical (unpaired) electrons. The Balaban J connectivity index is 1.63. The third-order valence-electron chi connectivity index (χ3n) is 4.55. The maximum absolute atomic E-state index is 12.2. The van der Waals surface area contributed by atoms with Crippen LogP contribution in [-0.2, 0) is 4.79 Å². The summed E-state index contributed by atoms with van der Waals surface area (Å²) in [5, 5.41) is 3.47. The van der Waals surface area contributed by atoms with Crippen molar-refractivity contribution in [2.75, 3.05) is 6.54 Å². The predicted molar refractivity (Wildman–Crippen MR) is 62.9 cm³/mol. The molecule has 3 nitrogen and oxygen atoms in total. The van der Waals surface area contributed by atoms with Gasteiger partial charge in [-0.15, -0.1) is 0 Å². The molecule has 1 unspecified atom stereocenters. The predicted octanol–water partition coefficient (Wildman–Crippen LogP) is 1.88. The Hall–Kier alpha value is -0.570. The largest absolute Gasteiger partial charge is 0.326 e. The van der Waals surface area contributed by atoms with Crippen molar-refractivity contribution in [1.82, 2.24) is 10.2 Å². The average Bonchev–Trinajstić information content (AvgIpc) is 3.03. The van der Waals surface area contributed by atoms with Crippen molar-refractivity contribution >= 4 is 5.91 Å². The van der Waals surface area contributed by atoms with Crippen LogP contribution in [0, 0.1) is 5.92 Å². The summed E-state index contributed by atoms with van der Waals surface area (Å²) in [7, 11) is 0. The minimum Gasteiger partial charge on any atom is -0.326 e. The Morgan fingerprint density at radius 3 is 2.56 bits per heavy atom. The highest BCUT2D eigenvalue weighted by atomic mass is 16.2. The summed E-state index contributed by atoms with van der Waals surface area (Å²) in [6.07, 6.45) is 9.13. The van der Waals surface area contributed by atoms with Gasteiger partial charge < -0.3 is 4.90 Å². The smallest absolute Gasteiger partial charge is 0.244 e. The lowest BCUT2D eigenvalue weighted by Crippen LogP contribution is -2.38. The highest BCUT2D eigenvalue weighted by molar-refractivity contribution is 5.91. The summed E-state index contributed by atoms with van der Waals surface area (Å²) in [6.45, 7) is 3.13. The summed E-state index contributed by atoms with van der Waals surface area (Å²) >= 11 is 0. The van der Waals surface area contributed by atoms with Crippen molar-refractivity contribution in [3.63, 3.8) is 0 Å².